The van der Waals surface area contributed by atoms with E-state index in [2.05, 4.69) is 13.2 Å². The van der Waals surface area contributed by atoms with E-state index in [1.54, 1.807) is 19.9 Å². The summed E-state index contributed by atoms with van der Waals surface area (Å²) in [5.74, 6) is -0.339. The lowest BCUT2D eigenvalue weighted by Gasteiger charge is -2.02. The zero-order chi connectivity index (χ0) is 22.8. The molecule has 27 heavy (non-hydrogen) atoms. The number of carbonyl (C=O) groups is 1. The maximum Gasteiger partial charge on any atom is 0.265 e. The van der Waals surface area contributed by atoms with Gasteiger partial charge in [0, 0.05) is 17.2 Å². The third-order valence-electron chi connectivity index (χ3n) is 2.20. The smallest absolute Gasteiger partial charge is 0.265 e. The van der Waals surface area contributed by atoms with E-state index in [0.29, 0.717) is 12.8 Å². The molecular formula is C22H38FNO3. The molecule has 0 heterocycles. The number of allylic oxidation sites excluding steroid dienone is 9. The fourth-order valence-corrected chi connectivity index (χ4v) is 1.30. The van der Waals surface area contributed by atoms with Gasteiger partial charge in [0.05, 0.1) is 12.1 Å². The van der Waals surface area contributed by atoms with Crippen molar-refractivity contribution in [3.8, 4) is 0 Å². The van der Waals surface area contributed by atoms with Crippen LogP contribution < -0.4 is 0 Å². The summed E-state index contributed by atoms with van der Waals surface area (Å²) < 4.78 is 9.50. The number of halogens is 1. The zero-order valence-electron chi connectivity index (χ0n) is 18.5. The second-order valence-corrected chi connectivity index (χ2v) is 3.46. The zero-order valence-corrected chi connectivity index (χ0v) is 18.5. The summed E-state index contributed by atoms with van der Waals surface area (Å²) in [6.07, 6.45) is 10.1. The van der Waals surface area contributed by atoms with Gasteiger partial charge in [-0.1, -0.05) is 85.1 Å². The molecule has 0 fully saturated rings. The summed E-state index contributed by atoms with van der Waals surface area (Å²) in [4.78, 5) is 22.4. The van der Waals surface area contributed by atoms with Crippen molar-refractivity contribution < 1.29 is 14.1 Å². The number of nitrogens with zero attached hydrogens (tertiary/aromatic N) is 1. The first-order valence-corrected chi connectivity index (χ1v) is 9.04. The van der Waals surface area contributed by atoms with Crippen LogP contribution in [0.3, 0.4) is 0 Å². The molecule has 0 aromatic rings. The van der Waals surface area contributed by atoms with Crippen molar-refractivity contribution in [3.05, 3.63) is 82.6 Å². The lowest BCUT2D eigenvalue weighted by atomic mass is 10.0. The molecule has 0 aliphatic rings. The summed E-state index contributed by atoms with van der Waals surface area (Å²) in [7, 11) is 0.500. The first kappa shape index (κ1) is 35.5. The quantitative estimate of drug-likeness (QED) is 0.202. The molecule has 156 valence electrons. The molecule has 0 aromatic carbocycles. The van der Waals surface area contributed by atoms with Gasteiger partial charge < -0.3 is 0 Å². The molecule has 0 aromatic heterocycles. The number of Topliss-reactive ketones (excluding diaryl/α,β-unsaturated/α-hetero) is 1. The molecule has 0 rings (SSSR count). The van der Waals surface area contributed by atoms with Crippen LogP contribution in [-0.4, -0.2) is 17.9 Å². The Bertz CT molecular complexity index is 514. The number of alkyl halides is 1. The standard InChI is InChI=1S/C15H17NO3.3C2H6.CH3F/c1-5-9-12(7-3)15(17)13(10-6-2)11-14(8-4)16(18)19;4*1-2/h5-11H,1,3H2,2,4H3;3*1-2H3;1H3/b10-6-,12-9+,13-11+,14-8+;;;;. The minimum Gasteiger partial charge on any atom is -0.289 e. The van der Waals surface area contributed by atoms with Crippen LogP contribution in [0.1, 0.15) is 55.4 Å². The Hall–Kier alpha value is -2.56. The minimum atomic E-state index is -0.540. The molecule has 0 unspecified atom stereocenters. The lowest BCUT2D eigenvalue weighted by molar-refractivity contribution is -0.419. The van der Waals surface area contributed by atoms with Crippen molar-refractivity contribution in [2.24, 2.45) is 0 Å². The maximum atomic E-state index is 12.2. The molecule has 0 aliphatic carbocycles. The Morgan fingerprint density at radius 3 is 1.67 bits per heavy atom. The van der Waals surface area contributed by atoms with Gasteiger partial charge in [-0.15, -0.1) is 0 Å². The number of hydrogen-bond donors (Lipinski definition) is 0. The van der Waals surface area contributed by atoms with E-state index in [9.17, 15) is 19.3 Å². The number of ketones is 1. The monoisotopic (exact) mass is 383 g/mol. The van der Waals surface area contributed by atoms with Crippen LogP contribution in [0.2, 0.25) is 0 Å². The van der Waals surface area contributed by atoms with Gasteiger partial charge in [-0.05, 0) is 19.9 Å². The van der Waals surface area contributed by atoms with Crippen molar-refractivity contribution in [1.29, 1.82) is 0 Å². The molecule has 0 N–H and O–H groups in total. The molecule has 4 nitrogen and oxygen atoms in total. The Balaban J connectivity index is -0.000000177. The molecule has 0 radical (unpaired) electrons. The fourth-order valence-electron chi connectivity index (χ4n) is 1.30. The normalized spacial score (nSPS) is 10.4. The minimum absolute atomic E-state index is 0.136. The SMILES string of the molecule is C=C/C=C(\C=C)C(=O)C(/C=C\C)=C/C(=C\C)[N+](=O)[O-].CC.CC.CC.CF. The van der Waals surface area contributed by atoms with Crippen molar-refractivity contribution in [1.82, 2.24) is 0 Å². The van der Waals surface area contributed by atoms with Crippen molar-refractivity contribution >= 4 is 5.78 Å². The topological polar surface area (TPSA) is 60.2 Å². The van der Waals surface area contributed by atoms with Crippen molar-refractivity contribution in [2.75, 3.05) is 7.18 Å². The summed E-state index contributed by atoms with van der Waals surface area (Å²) in [6, 6.07) is 0. The van der Waals surface area contributed by atoms with Gasteiger partial charge in [0.25, 0.3) is 5.70 Å². The van der Waals surface area contributed by atoms with Gasteiger partial charge in [0.1, 0.15) is 0 Å². The number of rotatable bonds is 7. The first-order chi connectivity index (χ1) is 13.0. The summed E-state index contributed by atoms with van der Waals surface area (Å²) in [6.45, 7) is 22.3. The van der Waals surface area contributed by atoms with Gasteiger partial charge in [-0.3, -0.25) is 19.3 Å². The number of hydrogen-bond acceptors (Lipinski definition) is 3. The van der Waals surface area contributed by atoms with E-state index in [1.165, 1.54) is 36.5 Å². The van der Waals surface area contributed by atoms with Gasteiger partial charge in [-0.25, -0.2) is 0 Å². The van der Waals surface area contributed by atoms with Crippen molar-refractivity contribution in [2.45, 2.75) is 55.4 Å². The van der Waals surface area contributed by atoms with Gasteiger partial charge in [0.15, 0.2) is 5.78 Å². The van der Waals surface area contributed by atoms with Crippen LogP contribution in [0.5, 0.6) is 0 Å². The molecule has 0 atom stereocenters. The highest BCUT2D eigenvalue weighted by Gasteiger charge is 2.14. The molecule has 0 amide bonds. The van der Waals surface area contributed by atoms with Gasteiger partial charge >= 0.3 is 0 Å². The molecule has 0 bridgehead atoms. The Morgan fingerprint density at radius 1 is 0.963 bits per heavy atom. The van der Waals surface area contributed by atoms with Crippen molar-refractivity contribution in [3.63, 3.8) is 0 Å². The van der Waals surface area contributed by atoms with Crippen LogP contribution in [-0.2, 0) is 4.79 Å². The Labute approximate surface area is 165 Å². The largest absolute Gasteiger partial charge is 0.289 e. The molecule has 0 spiro atoms. The first-order valence-electron chi connectivity index (χ1n) is 9.04. The molecule has 5 heteroatoms. The molecular weight excluding hydrogens is 345 g/mol. The van der Waals surface area contributed by atoms with Gasteiger partial charge in [0.2, 0.25) is 0 Å². The highest BCUT2D eigenvalue weighted by Crippen LogP contribution is 2.13. The highest BCUT2D eigenvalue weighted by molar-refractivity contribution is 6.12. The second-order valence-electron chi connectivity index (χ2n) is 3.46. The van der Waals surface area contributed by atoms with E-state index in [1.807, 2.05) is 41.5 Å². The van der Waals surface area contributed by atoms with E-state index < -0.39 is 4.92 Å². The summed E-state index contributed by atoms with van der Waals surface area (Å²) in [5, 5.41) is 10.8. The number of nitro groups is 1. The third-order valence-corrected chi connectivity index (χ3v) is 2.20. The summed E-state index contributed by atoms with van der Waals surface area (Å²) in [5.41, 5.74) is 0.418. The van der Waals surface area contributed by atoms with Gasteiger partial charge in [-0.2, -0.15) is 0 Å². The van der Waals surface area contributed by atoms with E-state index in [0.717, 1.165) is 0 Å². The molecule has 0 aliphatic heterocycles. The van der Waals surface area contributed by atoms with Crippen LogP contribution in [0, 0.1) is 10.1 Å². The average molecular weight is 384 g/mol. The van der Waals surface area contributed by atoms with E-state index in [4.69, 9.17) is 0 Å². The molecule has 0 saturated carbocycles. The third kappa shape index (κ3) is 19.6. The lowest BCUT2D eigenvalue weighted by Crippen LogP contribution is -2.05. The fraction of sp³-hybridized carbons (Fsp3) is 0.409. The molecule has 0 saturated heterocycles. The predicted octanol–water partition coefficient (Wildman–Crippen LogP) is 7.20. The summed E-state index contributed by atoms with van der Waals surface area (Å²) >= 11 is 0. The maximum absolute atomic E-state index is 12.2. The van der Waals surface area contributed by atoms with E-state index >= 15 is 0 Å². The Morgan fingerprint density at radius 2 is 1.41 bits per heavy atom. The second kappa shape index (κ2) is 31.2. The van der Waals surface area contributed by atoms with Crippen LogP contribution in [0.4, 0.5) is 4.39 Å². The van der Waals surface area contributed by atoms with Crippen LogP contribution in [0.25, 0.3) is 0 Å². The number of carbonyl (C=O) groups excluding carboxylic acids is 1. The Kier molecular flexibility index (Phi) is 41.1. The average Bonchev–Trinajstić information content (AvgIpc) is 2.74. The highest BCUT2D eigenvalue weighted by atomic mass is 19.1. The van der Waals surface area contributed by atoms with E-state index in [-0.39, 0.29) is 17.1 Å². The predicted molar refractivity (Wildman–Crippen MR) is 118 cm³/mol. The van der Waals surface area contributed by atoms with Crippen LogP contribution in [0.15, 0.2) is 72.5 Å². The van der Waals surface area contributed by atoms with Crippen LogP contribution >= 0.6 is 0 Å².